The van der Waals surface area contributed by atoms with E-state index in [0.29, 0.717) is 0 Å². The third kappa shape index (κ3) is 10.8. The van der Waals surface area contributed by atoms with Crippen molar-refractivity contribution in [1.82, 2.24) is 9.13 Å². The molecule has 2 aliphatic carbocycles. The lowest BCUT2D eigenvalue weighted by Crippen LogP contribution is -2.41. The molecule has 18 aromatic rings. The Hall–Kier alpha value is -10.4. The average molecular weight is 1580 g/mol. The lowest BCUT2D eigenvalue weighted by atomic mass is 9.49. The van der Waals surface area contributed by atoms with Crippen LogP contribution in [-0.4, -0.2) is 63.9 Å². The van der Waals surface area contributed by atoms with Crippen LogP contribution in [0.1, 0.15) is 133 Å². The fourth-order valence-corrected chi connectivity index (χ4v) is 20.1. The van der Waals surface area contributed by atoms with Gasteiger partial charge in [0, 0.05) is 48.2 Å². The van der Waals surface area contributed by atoms with Crippen LogP contribution in [0.4, 0.5) is 0 Å². The monoisotopic (exact) mass is 1580 g/mol. The summed E-state index contributed by atoms with van der Waals surface area (Å²) in [6, 6.07) is 99.7. The molecule has 0 atom stereocenters. The number of nitrogens with zero attached hydrogens (tertiary/aromatic N) is 2. The highest BCUT2D eigenvalue weighted by Gasteiger charge is 2.64. The van der Waals surface area contributed by atoms with Crippen molar-refractivity contribution in [3.05, 3.63) is 294 Å². The lowest BCUT2D eigenvalue weighted by Gasteiger charge is -2.32. The highest BCUT2D eigenvalue weighted by atomic mass is 79.9. The first kappa shape index (κ1) is 73.3. The number of benzene rings is 16. The second-order valence-corrected chi connectivity index (χ2v) is 38.0. The molecule has 0 radical (unpaired) electrons. The summed E-state index contributed by atoms with van der Waals surface area (Å²) in [4.78, 5) is 0. The van der Waals surface area contributed by atoms with Crippen LogP contribution >= 0.6 is 15.9 Å². The van der Waals surface area contributed by atoms with Gasteiger partial charge in [-0.15, -0.1) is 0 Å². The number of hydrogen-bond donors (Lipinski definition) is 0. The second kappa shape index (κ2) is 25.3. The Morgan fingerprint density at radius 1 is 0.241 bits per heavy atom. The number of rotatable bonds is 4. The zero-order valence-corrected chi connectivity index (χ0v) is 70.4. The molecule has 3 saturated heterocycles. The molecule has 5 aliphatic rings. The third-order valence-electron chi connectivity index (χ3n) is 28.1. The molecule has 0 N–H and O–H groups in total. The molecule has 570 valence electrons. The smallest absolute Gasteiger partial charge is 0.405 e. The van der Waals surface area contributed by atoms with Gasteiger partial charge in [-0.3, -0.25) is 0 Å². The van der Waals surface area contributed by atoms with Crippen LogP contribution in [-0.2, 0) is 38.8 Å². The highest BCUT2D eigenvalue weighted by Crippen LogP contribution is 2.57. The number of aromatic nitrogens is 2. The van der Waals surface area contributed by atoms with Gasteiger partial charge in [-0.25, -0.2) is 0 Å². The summed E-state index contributed by atoms with van der Waals surface area (Å²) in [6.07, 6.45) is 0. The molecule has 5 heterocycles. The van der Waals surface area contributed by atoms with Gasteiger partial charge in [0.1, 0.15) is 0 Å². The predicted octanol–water partition coefficient (Wildman–Crippen LogP) is 26.7. The summed E-state index contributed by atoms with van der Waals surface area (Å²) < 4.78 is 42.9. The summed E-state index contributed by atoms with van der Waals surface area (Å²) in [5.74, 6) is 0. The van der Waals surface area contributed by atoms with E-state index in [1.807, 2.05) is 55.4 Å². The van der Waals surface area contributed by atoms with Gasteiger partial charge in [-0.1, -0.05) is 220 Å². The molecule has 16 aromatic carbocycles. The maximum Gasteiger partial charge on any atom is 0.494 e. The van der Waals surface area contributed by atoms with E-state index in [1.165, 1.54) is 174 Å². The molecule has 3 aliphatic heterocycles. The van der Waals surface area contributed by atoms with Crippen molar-refractivity contribution in [3.8, 4) is 33.6 Å². The second-order valence-electron chi connectivity index (χ2n) is 37.1. The topological polar surface area (TPSA) is 65.2 Å². The Balaban J connectivity index is 0.000000121. The minimum Gasteiger partial charge on any atom is -0.405 e. The van der Waals surface area contributed by atoms with Gasteiger partial charge in [0.05, 0.1) is 55.7 Å². The zero-order chi connectivity index (χ0) is 80.0. The molecule has 12 heteroatoms. The van der Waals surface area contributed by atoms with Gasteiger partial charge in [-0.2, -0.15) is 0 Å². The molecule has 2 aromatic heterocycles. The molecule has 0 amide bonds. The molecule has 0 bridgehead atoms. The standard InChI is InChI=1S/C49H40BNO2.C43H28BrN.C12H24B2O4/c1-47(2)42-27-41-37(34-19-13-12-18-33(34)36-22-20-29-14-10-11-17-32(29)46(36)41)25-38(42)39-26-40-35-23-21-30(50-52-48(3,4)49(5,6)53-50)24-44(35)51(45(40)28-43(39)47)31-15-8-7-9-16-31;1-43(2)38-23-37-33(30-15-9-8-14-29(30)32-18-16-25-10-6-7-13-28(25)42(32)37)21-34(38)35-22-36-31-19-17-26(44)20-40(31)45(41(36)24-39(35)43)27-11-4-3-5-12-27;1-9(2)10(3,4)16-13(15-9)14-17-11(5,6)12(7,8)18-14/h7-28H,1-6H3;3-24H,1-2H3;1-8H3. The van der Waals surface area contributed by atoms with Crippen molar-refractivity contribution < 1.29 is 27.9 Å². The van der Waals surface area contributed by atoms with Gasteiger partial charge < -0.3 is 37.1 Å². The van der Waals surface area contributed by atoms with Gasteiger partial charge in [0.2, 0.25) is 0 Å². The van der Waals surface area contributed by atoms with E-state index in [-0.39, 0.29) is 33.2 Å². The summed E-state index contributed by atoms with van der Waals surface area (Å²) in [5.41, 5.74) is 16.5. The van der Waals surface area contributed by atoms with Crippen LogP contribution in [0.3, 0.4) is 0 Å². The molecule has 0 saturated carbocycles. The summed E-state index contributed by atoms with van der Waals surface area (Å²) in [6.45, 7) is 34.3. The maximum absolute atomic E-state index is 6.53. The normalized spacial score (nSPS) is 18.2. The van der Waals surface area contributed by atoms with Gasteiger partial charge >= 0.3 is 21.1 Å². The first-order chi connectivity index (χ1) is 55.4. The molecule has 0 spiro atoms. The maximum atomic E-state index is 6.53. The predicted molar refractivity (Wildman–Crippen MR) is 492 cm³/mol. The fraction of sp³-hybridized carbons (Fsp3) is 0.231. The van der Waals surface area contributed by atoms with E-state index < -0.39 is 32.3 Å². The van der Waals surface area contributed by atoms with E-state index in [9.17, 15) is 0 Å². The molecule has 116 heavy (non-hydrogen) atoms. The van der Waals surface area contributed by atoms with Crippen molar-refractivity contribution >= 4 is 172 Å². The van der Waals surface area contributed by atoms with E-state index in [2.05, 4.69) is 347 Å². The van der Waals surface area contributed by atoms with E-state index in [1.54, 1.807) is 0 Å². The van der Waals surface area contributed by atoms with Gasteiger partial charge in [0.25, 0.3) is 0 Å². The Bertz CT molecular complexity index is 7200. The molecular weight excluding hydrogens is 1490 g/mol. The SMILES string of the molecule is CC1(C)OB(B2OC(C)(C)C(C)(C)O2)OC1(C)C.CC1(C)c2cc3c(cc2-c2cc4c5ccc(B6OC(C)(C)C(C)(C)O6)cc5n(-c5ccccc5)c4cc21)c1ccccc1c1ccc2ccccc2c13.CC1(C)c2cc3c(cc2-c2cc4c5ccc(Br)cc5n(-c5ccccc5)c4cc21)c1ccccc1c1ccc2ccccc2c13. The summed E-state index contributed by atoms with van der Waals surface area (Å²) >= 11 is 3.75. The zero-order valence-electron chi connectivity index (χ0n) is 68.9. The van der Waals surface area contributed by atoms with E-state index in [0.717, 1.165) is 21.1 Å². The lowest BCUT2D eigenvalue weighted by molar-refractivity contribution is 0.00578. The van der Waals surface area contributed by atoms with Gasteiger partial charge in [-0.05, 0) is 310 Å². The summed E-state index contributed by atoms with van der Waals surface area (Å²) in [7, 11) is -1.38. The first-order valence-electron chi connectivity index (χ1n) is 41.1. The first-order valence-corrected chi connectivity index (χ1v) is 41.9. The Labute approximate surface area is 687 Å². The van der Waals surface area contributed by atoms with Crippen LogP contribution in [0.2, 0.25) is 0 Å². The van der Waals surface area contributed by atoms with Crippen molar-refractivity contribution in [3.63, 3.8) is 0 Å². The number of fused-ring (bicyclic) bond motifs is 28. The number of para-hydroxylation sites is 2. The van der Waals surface area contributed by atoms with Crippen LogP contribution in [0.25, 0.3) is 163 Å². The van der Waals surface area contributed by atoms with Crippen molar-refractivity contribution in [2.24, 2.45) is 0 Å². The highest BCUT2D eigenvalue weighted by molar-refractivity contribution is 9.10. The van der Waals surface area contributed by atoms with E-state index >= 15 is 0 Å². The molecule has 8 nitrogen and oxygen atoms in total. The Morgan fingerprint density at radius 2 is 0.552 bits per heavy atom. The van der Waals surface area contributed by atoms with Crippen molar-refractivity contribution in [2.75, 3.05) is 0 Å². The minimum atomic E-state index is -0.476. The van der Waals surface area contributed by atoms with Gasteiger partial charge in [0.15, 0.2) is 0 Å². The van der Waals surface area contributed by atoms with Crippen LogP contribution < -0.4 is 5.46 Å². The van der Waals surface area contributed by atoms with Crippen LogP contribution in [0.5, 0.6) is 0 Å². The van der Waals surface area contributed by atoms with Crippen LogP contribution in [0.15, 0.2) is 271 Å². The minimum absolute atomic E-state index is 0.159. The number of hydrogen-bond acceptors (Lipinski definition) is 6. The van der Waals surface area contributed by atoms with Crippen molar-refractivity contribution in [1.29, 1.82) is 0 Å². The molecular formula is C104H92B3BrN2O6. The fourth-order valence-electron chi connectivity index (χ4n) is 19.7. The van der Waals surface area contributed by atoms with Crippen molar-refractivity contribution in [2.45, 2.75) is 155 Å². The number of halogens is 1. The average Bonchev–Trinajstić information content (AvgIpc) is 1.52. The third-order valence-corrected chi connectivity index (χ3v) is 28.6. The summed E-state index contributed by atoms with van der Waals surface area (Å²) in [5, 5.41) is 26.1. The largest absolute Gasteiger partial charge is 0.494 e. The van der Waals surface area contributed by atoms with Crippen LogP contribution in [0, 0.1) is 0 Å². The Morgan fingerprint density at radius 3 is 0.957 bits per heavy atom. The quantitative estimate of drug-likeness (QED) is 0.129. The Kier molecular flexibility index (Phi) is 16.0. The molecule has 3 fully saturated rings. The molecule has 0 unspecified atom stereocenters. The molecule has 23 rings (SSSR count). The van der Waals surface area contributed by atoms with E-state index in [4.69, 9.17) is 27.9 Å².